The molecular formula is C58H37N3O2. The molecule has 0 amide bonds. The number of rotatable bonds is 8. The zero-order valence-corrected chi connectivity index (χ0v) is 34.0. The number of furan rings is 2. The lowest BCUT2D eigenvalue weighted by Gasteiger charge is -2.26. The highest BCUT2D eigenvalue weighted by Crippen LogP contribution is 2.42. The van der Waals surface area contributed by atoms with Gasteiger partial charge in [-0.3, -0.25) is 9.97 Å². The van der Waals surface area contributed by atoms with E-state index in [1.54, 1.807) is 0 Å². The van der Waals surface area contributed by atoms with E-state index < -0.39 is 0 Å². The Morgan fingerprint density at radius 3 is 1.51 bits per heavy atom. The maximum atomic E-state index is 6.39. The van der Waals surface area contributed by atoms with Crippen LogP contribution in [0.4, 0.5) is 17.1 Å². The summed E-state index contributed by atoms with van der Waals surface area (Å²) in [6.45, 7) is 0. The quantitative estimate of drug-likeness (QED) is 0.153. The number of hydrogen-bond acceptors (Lipinski definition) is 5. The SMILES string of the molecule is c1ccc(-c2ccc(-c3ccc(N(c4ccc(-c5cncc6c5oc5ccccc56)cc4)c4ccc(-c5ccnc6c5oc5ccccc56)cc4)cc3)cc2-c2ccccc2)cc1. The fourth-order valence-corrected chi connectivity index (χ4v) is 8.96. The van der Waals surface area contributed by atoms with Gasteiger partial charge in [0, 0.05) is 62.9 Å². The number of fused-ring (bicyclic) bond motifs is 6. The van der Waals surface area contributed by atoms with Gasteiger partial charge in [0.15, 0.2) is 5.58 Å². The first-order chi connectivity index (χ1) is 31.2. The van der Waals surface area contributed by atoms with E-state index in [9.17, 15) is 0 Å². The van der Waals surface area contributed by atoms with Crippen LogP contribution in [-0.4, -0.2) is 9.97 Å². The lowest BCUT2D eigenvalue weighted by Crippen LogP contribution is -2.09. The minimum atomic E-state index is 0.788. The van der Waals surface area contributed by atoms with Crippen LogP contribution in [0.1, 0.15) is 0 Å². The van der Waals surface area contributed by atoms with Crippen molar-refractivity contribution in [3.63, 3.8) is 0 Å². The van der Waals surface area contributed by atoms with Gasteiger partial charge in [-0.15, -0.1) is 0 Å². The molecule has 0 fully saturated rings. The topological polar surface area (TPSA) is 55.3 Å². The molecule has 0 aliphatic rings. The normalized spacial score (nSPS) is 11.5. The summed E-state index contributed by atoms with van der Waals surface area (Å²) in [7, 11) is 0. The number of benzene rings is 8. The van der Waals surface area contributed by atoms with Crippen molar-refractivity contribution >= 4 is 61.1 Å². The Kier molecular flexibility index (Phi) is 8.75. The van der Waals surface area contributed by atoms with Crippen LogP contribution < -0.4 is 4.90 Å². The maximum absolute atomic E-state index is 6.39. The third-order valence-electron chi connectivity index (χ3n) is 12.1. The Morgan fingerprint density at radius 2 is 0.841 bits per heavy atom. The Bertz CT molecular complexity index is 3440. The number of nitrogens with zero attached hydrogens (tertiary/aromatic N) is 3. The third kappa shape index (κ3) is 6.42. The number of hydrogen-bond donors (Lipinski definition) is 0. The molecule has 63 heavy (non-hydrogen) atoms. The van der Waals surface area contributed by atoms with Gasteiger partial charge in [0.25, 0.3) is 0 Å². The average molecular weight is 808 g/mol. The molecule has 5 nitrogen and oxygen atoms in total. The minimum absolute atomic E-state index is 0.788. The number of anilines is 3. The molecule has 0 saturated carbocycles. The summed E-state index contributed by atoms with van der Waals surface area (Å²) in [4.78, 5) is 11.6. The molecule has 0 atom stereocenters. The van der Waals surface area contributed by atoms with E-state index in [0.717, 1.165) is 94.5 Å². The van der Waals surface area contributed by atoms with Gasteiger partial charge in [-0.25, -0.2) is 0 Å². The maximum Gasteiger partial charge on any atom is 0.161 e. The summed E-state index contributed by atoms with van der Waals surface area (Å²) >= 11 is 0. The molecule has 0 radical (unpaired) electrons. The number of aromatic nitrogens is 2. The molecule has 12 aromatic rings. The first kappa shape index (κ1) is 36.3. The monoisotopic (exact) mass is 807 g/mol. The van der Waals surface area contributed by atoms with Crippen molar-refractivity contribution in [1.29, 1.82) is 0 Å². The highest BCUT2D eigenvalue weighted by atomic mass is 16.3. The molecule has 8 aromatic carbocycles. The van der Waals surface area contributed by atoms with E-state index in [1.165, 1.54) is 22.3 Å². The molecule has 4 aromatic heterocycles. The van der Waals surface area contributed by atoms with Crippen LogP contribution in [0.5, 0.6) is 0 Å². The van der Waals surface area contributed by atoms with Crippen LogP contribution in [0, 0.1) is 0 Å². The van der Waals surface area contributed by atoms with Crippen molar-refractivity contribution < 1.29 is 8.83 Å². The van der Waals surface area contributed by atoms with Gasteiger partial charge < -0.3 is 13.7 Å². The van der Waals surface area contributed by atoms with Gasteiger partial charge in [0.1, 0.15) is 22.3 Å². The smallest absolute Gasteiger partial charge is 0.161 e. The molecular weight excluding hydrogens is 771 g/mol. The van der Waals surface area contributed by atoms with Crippen molar-refractivity contribution in [2.75, 3.05) is 4.90 Å². The predicted molar refractivity (Wildman–Crippen MR) is 258 cm³/mol. The van der Waals surface area contributed by atoms with E-state index >= 15 is 0 Å². The van der Waals surface area contributed by atoms with Crippen molar-refractivity contribution in [3.8, 4) is 55.6 Å². The van der Waals surface area contributed by atoms with Crippen LogP contribution in [0.15, 0.2) is 234 Å². The molecule has 12 rings (SSSR count). The van der Waals surface area contributed by atoms with Gasteiger partial charge in [0.2, 0.25) is 0 Å². The summed E-state index contributed by atoms with van der Waals surface area (Å²) < 4.78 is 12.8. The summed E-state index contributed by atoms with van der Waals surface area (Å²) in [5.41, 5.74) is 18.4. The molecule has 0 aliphatic heterocycles. The second-order valence-electron chi connectivity index (χ2n) is 15.8. The largest absolute Gasteiger partial charge is 0.455 e. The van der Waals surface area contributed by atoms with Gasteiger partial charge >= 0.3 is 0 Å². The number of para-hydroxylation sites is 2. The summed E-state index contributed by atoms with van der Waals surface area (Å²) in [6, 6.07) is 72.5. The van der Waals surface area contributed by atoms with E-state index in [4.69, 9.17) is 13.8 Å². The van der Waals surface area contributed by atoms with Gasteiger partial charge in [-0.1, -0.05) is 140 Å². The van der Waals surface area contributed by atoms with E-state index in [0.29, 0.717) is 0 Å². The van der Waals surface area contributed by atoms with Crippen LogP contribution >= 0.6 is 0 Å². The molecule has 296 valence electrons. The second-order valence-corrected chi connectivity index (χ2v) is 15.8. The molecule has 0 bridgehead atoms. The van der Waals surface area contributed by atoms with Crippen molar-refractivity contribution in [3.05, 3.63) is 225 Å². The molecule has 0 spiro atoms. The van der Waals surface area contributed by atoms with Crippen molar-refractivity contribution in [2.24, 2.45) is 0 Å². The standard InChI is InChI=1S/C58H37N3O2/c1-3-11-39(12-4-1)47-32-25-43(35-51(47)40-13-5-2-6-14-40)38-19-26-44(27-20-38)61(45-28-21-41(22-29-45)48-33-34-60-56-50-16-8-10-18-55(50)63-58(48)56)46-30-23-42(24-31-46)52-36-59-37-53-49-15-7-9-17-54(49)62-57(52)53/h1-37H. The van der Waals surface area contributed by atoms with Crippen LogP contribution in [0.2, 0.25) is 0 Å². The summed E-state index contributed by atoms with van der Waals surface area (Å²) in [5, 5.41) is 3.08. The third-order valence-corrected chi connectivity index (χ3v) is 12.1. The summed E-state index contributed by atoms with van der Waals surface area (Å²) in [6.07, 6.45) is 5.64. The van der Waals surface area contributed by atoms with Crippen molar-refractivity contribution in [1.82, 2.24) is 9.97 Å². The average Bonchev–Trinajstić information content (AvgIpc) is 3.94. The van der Waals surface area contributed by atoms with Gasteiger partial charge in [0.05, 0.1) is 0 Å². The first-order valence-corrected chi connectivity index (χ1v) is 21.1. The molecule has 0 unspecified atom stereocenters. The van der Waals surface area contributed by atoms with E-state index in [2.05, 4.69) is 174 Å². The first-order valence-electron chi connectivity index (χ1n) is 21.1. The van der Waals surface area contributed by atoms with Gasteiger partial charge in [-0.05, 0) is 111 Å². The minimum Gasteiger partial charge on any atom is -0.455 e. The zero-order valence-electron chi connectivity index (χ0n) is 34.0. The molecule has 0 N–H and O–H groups in total. The highest BCUT2D eigenvalue weighted by Gasteiger charge is 2.18. The second kappa shape index (κ2) is 15.2. The lowest BCUT2D eigenvalue weighted by molar-refractivity contribution is 0.669. The summed E-state index contributed by atoms with van der Waals surface area (Å²) in [5.74, 6) is 0. The van der Waals surface area contributed by atoms with Crippen LogP contribution in [-0.2, 0) is 0 Å². The number of pyridine rings is 2. The zero-order chi connectivity index (χ0) is 41.7. The Hall–Kier alpha value is -8.54. The lowest BCUT2D eigenvalue weighted by atomic mass is 9.91. The van der Waals surface area contributed by atoms with E-state index in [1.807, 2.05) is 61.1 Å². The fourth-order valence-electron chi connectivity index (χ4n) is 8.96. The predicted octanol–water partition coefficient (Wildman–Crippen LogP) is 16.1. The Balaban J connectivity index is 0.941. The van der Waals surface area contributed by atoms with Crippen LogP contribution in [0.25, 0.3) is 99.6 Å². The van der Waals surface area contributed by atoms with Crippen LogP contribution in [0.3, 0.4) is 0 Å². The Morgan fingerprint density at radius 1 is 0.333 bits per heavy atom. The molecule has 0 aliphatic carbocycles. The molecule has 4 heterocycles. The van der Waals surface area contributed by atoms with E-state index in [-0.39, 0.29) is 0 Å². The molecule has 0 saturated heterocycles. The fraction of sp³-hybridized carbons (Fsp3) is 0. The molecule has 5 heteroatoms. The Labute approximate surface area is 363 Å². The highest BCUT2D eigenvalue weighted by molar-refractivity contribution is 6.09. The van der Waals surface area contributed by atoms with Crippen molar-refractivity contribution in [2.45, 2.75) is 0 Å². The van der Waals surface area contributed by atoms with Gasteiger partial charge in [-0.2, -0.15) is 0 Å².